The Bertz CT molecular complexity index is 821. The molecule has 2 N–H and O–H groups in total. The maximum atomic E-state index is 11.7. The van der Waals surface area contributed by atoms with Gasteiger partial charge in [0.1, 0.15) is 11.4 Å². The van der Waals surface area contributed by atoms with Gasteiger partial charge in [0.05, 0.1) is 0 Å². The predicted molar refractivity (Wildman–Crippen MR) is 91.2 cm³/mol. The van der Waals surface area contributed by atoms with Crippen molar-refractivity contribution in [2.45, 2.75) is 57.0 Å². The Balaban J connectivity index is 1.62. The van der Waals surface area contributed by atoms with E-state index in [1.54, 1.807) is 12.1 Å². The number of ether oxygens (including phenoxy) is 1. The zero-order valence-corrected chi connectivity index (χ0v) is 15.1. The van der Waals surface area contributed by atoms with Crippen molar-refractivity contribution in [3.63, 3.8) is 0 Å². The summed E-state index contributed by atoms with van der Waals surface area (Å²) in [5.74, 6) is 1.54. The van der Waals surface area contributed by atoms with Crippen molar-refractivity contribution in [1.29, 1.82) is 0 Å². The number of esters is 1. The van der Waals surface area contributed by atoms with Crippen LogP contribution in [-0.4, -0.2) is 20.0 Å². The SMILES string of the molecule is C[C@]12CCC3c4ccc(OS(N)(=O)=O)cc4CCC3C1CCC(=O)O2. The lowest BCUT2D eigenvalue weighted by Gasteiger charge is -2.53. The first kappa shape index (κ1) is 16.8. The van der Waals surface area contributed by atoms with Gasteiger partial charge in [-0.05, 0) is 74.1 Å². The Kier molecular flexibility index (Phi) is 3.85. The van der Waals surface area contributed by atoms with Crippen LogP contribution in [0, 0.1) is 11.8 Å². The molecule has 3 aliphatic rings. The van der Waals surface area contributed by atoms with Gasteiger partial charge in [0, 0.05) is 12.3 Å². The fourth-order valence-electron chi connectivity index (χ4n) is 5.26. The van der Waals surface area contributed by atoms with E-state index in [0.29, 0.717) is 24.2 Å². The van der Waals surface area contributed by atoms with Gasteiger partial charge in [0.25, 0.3) is 0 Å². The molecule has 7 heteroatoms. The molecule has 1 saturated heterocycles. The maximum absolute atomic E-state index is 11.7. The molecule has 1 saturated carbocycles. The number of carbonyl (C=O) groups is 1. The number of hydrogen-bond donors (Lipinski definition) is 1. The van der Waals surface area contributed by atoms with Crippen LogP contribution in [0.3, 0.4) is 0 Å². The average molecular weight is 365 g/mol. The van der Waals surface area contributed by atoms with Gasteiger partial charge in [0.2, 0.25) is 0 Å². The van der Waals surface area contributed by atoms with E-state index < -0.39 is 10.3 Å². The van der Waals surface area contributed by atoms with Crippen molar-refractivity contribution in [3.05, 3.63) is 29.3 Å². The first-order chi connectivity index (χ1) is 11.8. The van der Waals surface area contributed by atoms with Gasteiger partial charge in [-0.3, -0.25) is 4.79 Å². The molecule has 4 rings (SSSR count). The van der Waals surface area contributed by atoms with E-state index >= 15 is 0 Å². The molecule has 0 spiro atoms. The molecule has 1 aromatic carbocycles. The molecular weight excluding hydrogens is 342 g/mol. The number of aryl methyl sites for hydroxylation is 1. The number of fused-ring (bicyclic) bond motifs is 5. The zero-order valence-electron chi connectivity index (χ0n) is 14.2. The lowest BCUT2D eigenvalue weighted by atomic mass is 9.57. The van der Waals surface area contributed by atoms with Crippen LogP contribution in [0.15, 0.2) is 18.2 Å². The van der Waals surface area contributed by atoms with Gasteiger partial charge in [-0.25, -0.2) is 0 Å². The fourth-order valence-corrected chi connectivity index (χ4v) is 5.63. The standard InChI is InChI=1S/C18H23NO5S/c1-18-9-8-14-13-5-3-12(24-25(19,21)22)10-11(13)2-4-15(14)16(18)6-7-17(20)23-18/h3,5,10,14-16H,2,4,6-9H2,1H3,(H2,19,21,22)/t14?,15?,16?,18-/m0/s1. The largest absolute Gasteiger partial charge is 0.459 e. The van der Waals surface area contributed by atoms with Crippen LogP contribution in [0.5, 0.6) is 5.75 Å². The molecule has 2 fully saturated rings. The fraction of sp³-hybridized carbons (Fsp3) is 0.611. The van der Waals surface area contributed by atoms with E-state index in [0.717, 1.165) is 37.7 Å². The third kappa shape index (κ3) is 3.04. The Labute approximate surface area is 147 Å². The number of carbonyl (C=O) groups excluding carboxylic acids is 1. The summed E-state index contributed by atoms with van der Waals surface area (Å²) in [5, 5.41) is 4.96. The van der Waals surface area contributed by atoms with Crippen molar-refractivity contribution >= 4 is 16.3 Å². The molecule has 0 radical (unpaired) electrons. The molecule has 4 atom stereocenters. The normalized spacial score (nSPS) is 34.3. The van der Waals surface area contributed by atoms with Crippen molar-refractivity contribution < 1.29 is 22.1 Å². The molecule has 0 bridgehead atoms. The highest BCUT2D eigenvalue weighted by molar-refractivity contribution is 7.84. The second kappa shape index (κ2) is 5.71. The second-order valence-corrected chi connectivity index (χ2v) is 8.87. The van der Waals surface area contributed by atoms with E-state index in [4.69, 9.17) is 14.1 Å². The molecule has 2 aliphatic carbocycles. The molecule has 3 unspecified atom stereocenters. The molecule has 1 heterocycles. The van der Waals surface area contributed by atoms with Gasteiger partial charge in [-0.15, -0.1) is 0 Å². The monoisotopic (exact) mass is 365 g/mol. The van der Waals surface area contributed by atoms with Crippen LogP contribution in [0.2, 0.25) is 0 Å². The highest BCUT2D eigenvalue weighted by atomic mass is 32.2. The zero-order chi connectivity index (χ0) is 17.8. The average Bonchev–Trinajstić information content (AvgIpc) is 2.51. The van der Waals surface area contributed by atoms with Crippen molar-refractivity contribution in [3.8, 4) is 5.75 Å². The molecule has 1 aromatic rings. The first-order valence-electron chi connectivity index (χ1n) is 8.82. The summed E-state index contributed by atoms with van der Waals surface area (Å²) in [7, 11) is -4.00. The first-order valence-corrected chi connectivity index (χ1v) is 10.3. The summed E-state index contributed by atoms with van der Waals surface area (Å²) in [6.07, 6.45) is 5.16. The Morgan fingerprint density at radius 2 is 2.04 bits per heavy atom. The Morgan fingerprint density at radius 1 is 1.24 bits per heavy atom. The minimum Gasteiger partial charge on any atom is -0.459 e. The van der Waals surface area contributed by atoms with E-state index in [9.17, 15) is 13.2 Å². The Hall–Kier alpha value is -1.60. The summed E-state index contributed by atoms with van der Waals surface area (Å²) in [6.45, 7) is 2.09. The van der Waals surface area contributed by atoms with E-state index in [-0.39, 0.29) is 17.3 Å². The van der Waals surface area contributed by atoms with Crippen LogP contribution in [0.1, 0.15) is 56.1 Å². The van der Waals surface area contributed by atoms with Gasteiger partial charge >= 0.3 is 16.3 Å². The molecule has 136 valence electrons. The summed E-state index contributed by atoms with van der Waals surface area (Å²) in [5.41, 5.74) is 2.08. The van der Waals surface area contributed by atoms with Gasteiger partial charge in [-0.2, -0.15) is 13.6 Å². The van der Waals surface area contributed by atoms with Crippen molar-refractivity contribution in [2.75, 3.05) is 0 Å². The van der Waals surface area contributed by atoms with E-state index in [1.807, 2.05) is 6.07 Å². The van der Waals surface area contributed by atoms with Crippen LogP contribution in [-0.2, 0) is 26.3 Å². The third-order valence-electron chi connectivity index (χ3n) is 6.25. The highest BCUT2D eigenvalue weighted by Gasteiger charge is 2.52. The molecular formula is C18H23NO5S. The summed E-state index contributed by atoms with van der Waals surface area (Å²) in [4.78, 5) is 11.7. The summed E-state index contributed by atoms with van der Waals surface area (Å²) in [6, 6.07) is 5.45. The lowest BCUT2D eigenvalue weighted by molar-refractivity contribution is -0.185. The Morgan fingerprint density at radius 3 is 2.80 bits per heavy atom. The summed E-state index contributed by atoms with van der Waals surface area (Å²) < 4.78 is 32.8. The van der Waals surface area contributed by atoms with Crippen molar-refractivity contribution in [1.82, 2.24) is 0 Å². The van der Waals surface area contributed by atoms with Crippen LogP contribution >= 0.6 is 0 Å². The molecule has 0 amide bonds. The van der Waals surface area contributed by atoms with E-state index in [1.165, 1.54) is 5.56 Å². The number of benzene rings is 1. The van der Waals surface area contributed by atoms with Gasteiger partial charge in [-0.1, -0.05) is 6.07 Å². The minimum atomic E-state index is -4.00. The number of hydrogen-bond acceptors (Lipinski definition) is 5. The van der Waals surface area contributed by atoms with Gasteiger partial charge in [0.15, 0.2) is 0 Å². The predicted octanol–water partition coefficient (Wildman–Crippen LogP) is 2.42. The lowest BCUT2D eigenvalue weighted by Crippen LogP contribution is -2.52. The van der Waals surface area contributed by atoms with Crippen LogP contribution in [0.4, 0.5) is 0 Å². The van der Waals surface area contributed by atoms with Crippen molar-refractivity contribution in [2.24, 2.45) is 17.0 Å². The molecule has 1 aliphatic heterocycles. The number of nitrogens with two attached hydrogens (primary N) is 1. The summed E-state index contributed by atoms with van der Waals surface area (Å²) >= 11 is 0. The molecule has 6 nitrogen and oxygen atoms in total. The second-order valence-electron chi connectivity index (χ2n) is 7.72. The minimum absolute atomic E-state index is 0.0711. The highest BCUT2D eigenvalue weighted by Crippen LogP contribution is 2.55. The number of rotatable bonds is 2. The molecule has 25 heavy (non-hydrogen) atoms. The molecule has 0 aromatic heterocycles. The quantitative estimate of drug-likeness (QED) is 0.812. The smallest absolute Gasteiger partial charge is 0.380 e. The van der Waals surface area contributed by atoms with Crippen LogP contribution in [0.25, 0.3) is 0 Å². The maximum Gasteiger partial charge on any atom is 0.380 e. The van der Waals surface area contributed by atoms with E-state index in [2.05, 4.69) is 6.92 Å². The van der Waals surface area contributed by atoms with Crippen LogP contribution < -0.4 is 9.32 Å². The third-order valence-corrected chi connectivity index (χ3v) is 6.67. The van der Waals surface area contributed by atoms with Gasteiger partial charge < -0.3 is 8.92 Å². The topological polar surface area (TPSA) is 95.7 Å².